The molecule has 0 aromatic carbocycles. The molecule has 0 bridgehead atoms. The van der Waals surface area contributed by atoms with E-state index in [1.165, 1.54) is 7.11 Å². The van der Waals surface area contributed by atoms with Crippen molar-refractivity contribution < 1.29 is 24.1 Å². The molecule has 0 aromatic heterocycles. The third kappa shape index (κ3) is 1.51. The molecule has 0 aliphatic carbocycles. The standard InChI is InChI=1S/C6H11FO4/c1-10-5-3(2-8)11-6(9)4(5)7/h3-6,8-9H,2H2,1H3/t3-,4+,5-,6?/m0/s1. The molecule has 4 atom stereocenters. The van der Waals surface area contributed by atoms with E-state index in [1.807, 2.05) is 0 Å². The van der Waals surface area contributed by atoms with Gasteiger partial charge in [0.15, 0.2) is 12.5 Å². The van der Waals surface area contributed by atoms with Gasteiger partial charge in [-0.1, -0.05) is 0 Å². The van der Waals surface area contributed by atoms with Gasteiger partial charge in [-0.3, -0.25) is 0 Å². The molecule has 1 fully saturated rings. The van der Waals surface area contributed by atoms with Crippen LogP contribution in [0.4, 0.5) is 4.39 Å². The highest BCUT2D eigenvalue weighted by molar-refractivity contribution is 4.86. The third-order valence-electron chi connectivity index (χ3n) is 1.72. The van der Waals surface area contributed by atoms with Crippen LogP contribution in [0.3, 0.4) is 0 Å². The van der Waals surface area contributed by atoms with E-state index in [4.69, 9.17) is 10.2 Å². The van der Waals surface area contributed by atoms with Crippen LogP contribution in [0, 0.1) is 0 Å². The molecule has 1 aliphatic heterocycles. The number of aliphatic hydroxyl groups is 2. The third-order valence-corrected chi connectivity index (χ3v) is 1.72. The number of ether oxygens (including phenoxy) is 2. The maximum Gasteiger partial charge on any atom is 0.189 e. The van der Waals surface area contributed by atoms with Crippen LogP contribution in [0.25, 0.3) is 0 Å². The van der Waals surface area contributed by atoms with Crippen LogP contribution in [0.15, 0.2) is 0 Å². The second kappa shape index (κ2) is 3.44. The van der Waals surface area contributed by atoms with Gasteiger partial charge >= 0.3 is 0 Å². The van der Waals surface area contributed by atoms with Gasteiger partial charge in [0.2, 0.25) is 0 Å². The van der Waals surface area contributed by atoms with Gasteiger partial charge in [-0.15, -0.1) is 0 Å². The number of aliphatic hydroxyl groups excluding tert-OH is 2. The van der Waals surface area contributed by atoms with Crippen LogP contribution in [0.5, 0.6) is 0 Å². The van der Waals surface area contributed by atoms with E-state index in [0.29, 0.717) is 0 Å². The first-order chi connectivity index (χ1) is 5.20. The summed E-state index contributed by atoms with van der Waals surface area (Å²) in [6.45, 7) is -0.351. The Balaban J connectivity index is 2.57. The van der Waals surface area contributed by atoms with Gasteiger partial charge in [0.25, 0.3) is 0 Å². The Morgan fingerprint density at radius 2 is 2.27 bits per heavy atom. The summed E-state index contributed by atoms with van der Waals surface area (Å²) >= 11 is 0. The molecule has 1 heterocycles. The van der Waals surface area contributed by atoms with E-state index in [9.17, 15) is 4.39 Å². The molecule has 0 aromatic rings. The van der Waals surface area contributed by atoms with Gasteiger partial charge in [-0.25, -0.2) is 4.39 Å². The van der Waals surface area contributed by atoms with Crippen molar-refractivity contribution in [1.29, 1.82) is 0 Å². The molecule has 1 saturated heterocycles. The maximum atomic E-state index is 12.8. The number of methoxy groups -OCH3 is 1. The summed E-state index contributed by atoms with van der Waals surface area (Å²) in [6, 6.07) is 0. The summed E-state index contributed by atoms with van der Waals surface area (Å²) in [5.74, 6) is 0. The Morgan fingerprint density at radius 1 is 1.64 bits per heavy atom. The van der Waals surface area contributed by atoms with Gasteiger partial charge in [0.1, 0.15) is 12.2 Å². The predicted molar refractivity (Wildman–Crippen MR) is 33.7 cm³/mol. The van der Waals surface area contributed by atoms with Gasteiger partial charge < -0.3 is 19.7 Å². The molecule has 0 saturated carbocycles. The van der Waals surface area contributed by atoms with Crippen molar-refractivity contribution in [2.45, 2.75) is 24.7 Å². The van der Waals surface area contributed by atoms with Crippen molar-refractivity contribution in [3.8, 4) is 0 Å². The van der Waals surface area contributed by atoms with E-state index in [-0.39, 0.29) is 6.61 Å². The highest BCUT2D eigenvalue weighted by Gasteiger charge is 2.44. The largest absolute Gasteiger partial charge is 0.394 e. The summed E-state index contributed by atoms with van der Waals surface area (Å²) in [5, 5.41) is 17.4. The lowest BCUT2D eigenvalue weighted by molar-refractivity contribution is -0.121. The fraction of sp³-hybridized carbons (Fsp3) is 1.00. The summed E-state index contributed by atoms with van der Waals surface area (Å²) in [4.78, 5) is 0. The monoisotopic (exact) mass is 166 g/mol. The van der Waals surface area contributed by atoms with Crippen LogP contribution in [0.1, 0.15) is 0 Å². The Morgan fingerprint density at radius 3 is 2.64 bits per heavy atom. The lowest BCUT2D eigenvalue weighted by Gasteiger charge is -2.14. The predicted octanol–water partition coefficient (Wildman–Crippen LogP) is -0.951. The van der Waals surface area contributed by atoms with Crippen molar-refractivity contribution in [1.82, 2.24) is 0 Å². The molecular weight excluding hydrogens is 155 g/mol. The molecule has 0 spiro atoms. The van der Waals surface area contributed by atoms with Crippen LogP contribution < -0.4 is 0 Å². The Hall–Kier alpha value is -0.230. The normalized spacial score (nSPS) is 44.7. The zero-order valence-corrected chi connectivity index (χ0v) is 6.11. The first-order valence-corrected chi connectivity index (χ1v) is 3.32. The molecule has 4 nitrogen and oxygen atoms in total. The lowest BCUT2D eigenvalue weighted by atomic mass is 10.2. The van der Waals surface area contributed by atoms with E-state index in [0.717, 1.165) is 0 Å². The van der Waals surface area contributed by atoms with Crippen LogP contribution in [0.2, 0.25) is 0 Å². The topological polar surface area (TPSA) is 58.9 Å². The number of hydrogen-bond acceptors (Lipinski definition) is 4. The quantitative estimate of drug-likeness (QED) is 0.555. The van der Waals surface area contributed by atoms with Crippen LogP contribution >= 0.6 is 0 Å². The van der Waals surface area contributed by atoms with Gasteiger partial charge in [-0.2, -0.15) is 0 Å². The molecule has 2 N–H and O–H groups in total. The second-order valence-electron chi connectivity index (χ2n) is 2.39. The summed E-state index contributed by atoms with van der Waals surface area (Å²) < 4.78 is 22.1. The second-order valence-corrected chi connectivity index (χ2v) is 2.39. The summed E-state index contributed by atoms with van der Waals surface area (Å²) in [5.41, 5.74) is 0. The van der Waals surface area contributed by atoms with Gasteiger partial charge in [-0.05, 0) is 0 Å². The maximum absolute atomic E-state index is 12.8. The molecule has 1 aliphatic rings. The minimum absolute atomic E-state index is 0.351. The fourth-order valence-corrected chi connectivity index (χ4v) is 1.13. The van der Waals surface area contributed by atoms with Crippen LogP contribution in [-0.4, -0.2) is 48.6 Å². The van der Waals surface area contributed by atoms with E-state index in [2.05, 4.69) is 9.47 Å². The number of alkyl halides is 1. The van der Waals surface area contributed by atoms with E-state index < -0.39 is 24.7 Å². The molecule has 1 unspecified atom stereocenters. The summed E-state index contributed by atoms with van der Waals surface area (Å²) in [7, 11) is 1.31. The Bertz CT molecular complexity index is 132. The highest BCUT2D eigenvalue weighted by Crippen LogP contribution is 2.24. The van der Waals surface area contributed by atoms with Gasteiger partial charge in [0.05, 0.1) is 6.61 Å². The van der Waals surface area contributed by atoms with Crippen molar-refractivity contribution in [3.05, 3.63) is 0 Å². The minimum Gasteiger partial charge on any atom is -0.394 e. The van der Waals surface area contributed by atoms with Crippen molar-refractivity contribution in [2.24, 2.45) is 0 Å². The molecule has 11 heavy (non-hydrogen) atoms. The average molecular weight is 166 g/mol. The Labute approximate surface area is 63.5 Å². The number of hydrogen-bond donors (Lipinski definition) is 2. The molecule has 0 amide bonds. The molecule has 5 heteroatoms. The smallest absolute Gasteiger partial charge is 0.189 e. The van der Waals surface area contributed by atoms with E-state index >= 15 is 0 Å². The first-order valence-electron chi connectivity index (χ1n) is 3.32. The minimum atomic E-state index is -1.57. The zero-order valence-electron chi connectivity index (χ0n) is 6.11. The zero-order chi connectivity index (χ0) is 8.43. The Kier molecular flexibility index (Phi) is 2.78. The SMILES string of the molecule is CO[C@H]1[C@H](CO)OC(O)[C@@H]1F. The number of rotatable bonds is 2. The lowest BCUT2D eigenvalue weighted by Crippen LogP contribution is -2.33. The highest BCUT2D eigenvalue weighted by atomic mass is 19.1. The first kappa shape index (κ1) is 8.86. The molecule has 66 valence electrons. The molecule has 0 radical (unpaired) electrons. The van der Waals surface area contributed by atoms with Crippen LogP contribution in [-0.2, 0) is 9.47 Å². The average Bonchev–Trinajstić information content (AvgIpc) is 2.28. The number of halogens is 1. The summed E-state index contributed by atoms with van der Waals surface area (Å²) in [6.07, 6.45) is -4.67. The van der Waals surface area contributed by atoms with Gasteiger partial charge in [0, 0.05) is 7.11 Å². The van der Waals surface area contributed by atoms with E-state index in [1.54, 1.807) is 0 Å². The van der Waals surface area contributed by atoms with Crippen molar-refractivity contribution in [3.63, 3.8) is 0 Å². The molecular formula is C6H11FO4. The fourth-order valence-electron chi connectivity index (χ4n) is 1.13. The van der Waals surface area contributed by atoms with Crippen molar-refractivity contribution in [2.75, 3.05) is 13.7 Å². The molecule has 1 rings (SSSR count). The van der Waals surface area contributed by atoms with Crippen molar-refractivity contribution >= 4 is 0 Å².